The molecule has 0 aliphatic carbocycles. The first-order chi connectivity index (χ1) is 7.58. The highest BCUT2D eigenvalue weighted by Crippen LogP contribution is 2.30. The molecule has 1 aromatic rings. The van der Waals surface area contributed by atoms with Gasteiger partial charge in [-0.3, -0.25) is 4.79 Å². The van der Waals surface area contributed by atoms with Gasteiger partial charge in [0.25, 0.3) is 5.91 Å². The quantitative estimate of drug-likeness (QED) is 0.359. The van der Waals surface area contributed by atoms with Crippen LogP contribution in [0.2, 0.25) is 0 Å². The van der Waals surface area contributed by atoms with Crippen molar-refractivity contribution in [1.29, 1.82) is 0 Å². The van der Waals surface area contributed by atoms with Crippen LogP contribution in [0.15, 0.2) is 29.2 Å². The lowest BCUT2D eigenvalue weighted by Crippen LogP contribution is -2.34. The molecule has 0 atom stereocenters. The van der Waals surface area contributed by atoms with Crippen LogP contribution in [0.25, 0.3) is 6.08 Å². The zero-order valence-electron chi connectivity index (χ0n) is 8.64. The van der Waals surface area contributed by atoms with Gasteiger partial charge in [0.2, 0.25) is 0 Å². The van der Waals surface area contributed by atoms with Crippen LogP contribution in [0.1, 0.15) is 11.1 Å². The Bertz CT molecular complexity index is 497. The number of thiocarbonyl (C=S) groups is 1. The molecule has 1 amide bonds. The van der Waals surface area contributed by atoms with Gasteiger partial charge >= 0.3 is 0 Å². The Morgan fingerprint density at radius 3 is 2.81 bits per heavy atom. The summed E-state index contributed by atoms with van der Waals surface area (Å²) >= 11 is 6.17. The van der Waals surface area contributed by atoms with Crippen molar-refractivity contribution in [2.24, 2.45) is 5.84 Å². The maximum Gasteiger partial charge on any atom is 0.280 e. The molecule has 0 spiro atoms. The fourth-order valence-electron chi connectivity index (χ4n) is 1.39. The second-order valence-corrected chi connectivity index (χ2v) is 5.14. The molecule has 0 saturated carbocycles. The minimum Gasteiger partial charge on any atom is -0.267 e. The molecular formula is C11H10N2OS2. The number of nitrogens with two attached hydrogens (primary N) is 1. The molecule has 0 aromatic heterocycles. The van der Waals surface area contributed by atoms with E-state index in [0.29, 0.717) is 9.23 Å². The van der Waals surface area contributed by atoms with E-state index in [4.69, 9.17) is 18.1 Å². The third-order valence-electron chi connectivity index (χ3n) is 2.16. The molecule has 2 N–H and O–H groups in total. The highest BCUT2D eigenvalue weighted by Gasteiger charge is 2.29. The van der Waals surface area contributed by atoms with Crippen LogP contribution in [-0.4, -0.2) is 15.2 Å². The molecule has 0 radical (unpaired) electrons. The largest absolute Gasteiger partial charge is 0.280 e. The van der Waals surface area contributed by atoms with Crippen molar-refractivity contribution in [3.8, 4) is 0 Å². The van der Waals surface area contributed by atoms with E-state index >= 15 is 0 Å². The van der Waals surface area contributed by atoms with Crippen molar-refractivity contribution in [2.45, 2.75) is 6.92 Å². The van der Waals surface area contributed by atoms with E-state index in [2.05, 4.69) is 0 Å². The first-order valence-corrected chi connectivity index (χ1v) is 5.90. The molecule has 5 heteroatoms. The summed E-state index contributed by atoms with van der Waals surface area (Å²) in [5.74, 6) is 5.24. The minimum absolute atomic E-state index is 0.239. The zero-order valence-corrected chi connectivity index (χ0v) is 10.3. The predicted molar refractivity (Wildman–Crippen MR) is 70.4 cm³/mol. The number of hydrazine groups is 1. The fourth-order valence-corrected chi connectivity index (χ4v) is 2.49. The Hall–Kier alpha value is -1.17. The summed E-state index contributed by atoms with van der Waals surface area (Å²) in [5, 5.41) is 1.00. The summed E-state index contributed by atoms with van der Waals surface area (Å²) in [4.78, 5) is 12.2. The summed E-state index contributed by atoms with van der Waals surface area (Å²) in [6.45, 7) is 2.01. The Labute approximate surface area is 103 Å². The number of rotatable bonds is 1. The predicted octanol–water partition coefficient (Wildman–Crippen LogP) is 2.07. The SMILES string of the molecule is Cc1cccc(C=C2SC(=S)N(N)C2=O)c1. The molecule has 1 aliphatic heterocycles. The average molecular weight is 250 g/mol. The van der Waals surface area contributed by atoms with Crippen LogP contribution in [0.3, 0.4) is 0 Å². The van der Waals surface area contributed by atoms with E-state index in [0.717, 1.165) is 16.1 Å². The number of hydrogen-bond acceptors (Lipinski definition) is 4. The van der Waals surface area contributed by atoms with Gasteiger partial charge in [0.1, 0.15) is 0 Å². The molecule has 1 aromatic carbocycles. The second kappa shape index (κ2) is 4.37. The molecule has 1 heterocycles. The molecule has 1 saturated heterocycles. The zero-order chi connectivity index (χ0) is 11.7. The van der Waals surface area contributed by atoms with Gasteiger partial charge in [-0.05, 0) is 18.6 Å². The number of hydrogen-bond donors (Lipinski definition) is 1. The smallest absolute Gasteiger partial charge is 0.267 e. The van der Waals surface area contributed by atoms with Gasteiger partial charge in [0.15, 0.2) is 4.32 Å². The highest BCUT2D eigenvalue weighted by molar-refractivity contribution is 8.26. The number of benzene rings is 1. The number of amides is 1. The van der Waals surface area contributed by atoms with E-state index in [1.54, 1.807) is 6.08 Å². The number of nitrogens with zero attached hydrogens (tertiary/aromatic N) is 1. The average Bonchev–Trinajstić information content (AvgIpc) is 2.47. The van der Waals surface area contributed by atoms with Crippen LogP contribution in [-0.2, 0) is 4.79 Å². The lowest BCUT2D eigenvalue weighted by atomic mass is 10.1. The summed E-state index contributed by atoms with van der Waals surface area (Å²) < 4.78 is 0.393. The molecule has 1 fully saturated rings. The first kappa shape index (κ1) is 11.3. The third-order valence-corrected chi connectivity index (χ3v) is 3.49. The van der Waals surface area contributed by atoms with Crippen molar-refractivity contribution >= 4 is 40.3 Å². The minimum atomic E-state index is -0.239. The first-order valence-electron chi connectivity index (χ1n) is 4.67. The van der Waals surface area contributed by atoms with Crippen molar-refractivity contribution in [2.75, 3.05) is 0 Å². The molecule has 16 heavy (non-hydrogen) atoms. The number of carbonyl (C=O) groups is 1. The number of carbonyl (C=O) groups excluding carboxylic acids is 1. The Morgan fingerprint density at radius 2 is 2.25 bits per heavy atom. The van der Waals surface area contributed by atoms with Crippen molar-refractivity contribution in [1.82, 2.24) is 5.01 Å². The third kappa shape index (κ3) is 2.16. The van der Waals surface area contributed by atoms with E-state index in [1.165, 1.54) is 11.8 Å². The molecule has 2 rings (SSSR count). The van der Waals surface area contributed by atoms with E-state index < -0.39 is 0 Å². The molecule has 82 valence electrons. The molecule has 1 aliphatic rings. The van der Waals surface area contributed by atoms with Crippen LogP contribution in [0, 0.1) is 6.92 Å². The summed E-state index contributed by atoms with van der Waals surface area (Å²) in [6.07, 6.45) is 1.80. The molecule has 0 unspecified atom stereocenters. The van der Waals surface area contributed by atoms with Gasteiger partial charge < -0.3 is 0 Å². The van der Waals surface area contributed by atoms with Crippen molar-refractivity contribution < 1.29 is 4.79 Å². The van der Waals surface area contributed by atoms with Gasteiger partial charge in [-0.2, -0.15) is 0 Å². The van der Waals surface area contributed by atoms with Gasteiger partial charge in [-0.1, -0.05) is 53.8 Å². The number of thioether (sulfide) groups is 1. The fraction of sp³-hybridized carbons (Fsp3) is 0.0909. The van der Waals surface area contributed by atoms with E-state index in [-0.39, 0.29) is 5.91 Å². The Morgan fingerprint density at radius 1 is 1.50 bits per heavy atom. The topological polar surface area (TPSA) is 46.3 Å². The molecule has 0 bridgehead atoms. The maximum absolute atomic E-state index is 11.6. The lowest BCUT2D eigenvalue weighted by Gasteiger charge is -2.03. The van der Waals surface area contributed by atoms with Crippen LogP contribution in [0.5, 0.6) is 0 Å². The van der Waals surface area contributed by atoms with Crippen LogP contribution >= 0.6 is 24.0 Å². The Kier molecular flexibility index (Phi) is 3.09. The number of aryl methyl sites for hydroxylation is 1. The van der Waals surface area contributed by atoms with Gasteiger partial charge in [0, 0.05) is 0 Å². The standard InChI is InChI=1S/C11H10N2OS2/c1-7-3-2-4-8(5-7)6-9-10(14)13(12)11(15)16-9/h2-6H,12H2,1H3. The second-order valence-electron chi connectivity index (χ2n) is 3.47. The van der Waals surface area contributed by atoms with Crippen molar-refractivity contribution in [3.05, 3.63) is 40.3 Å². The van der Waals surface area contributed by atoms with Gasteiger partial charge in [0.05, 0.1) is 4.91 Å². The summed E-state index contributed by atoms with van der Waals surface area (Å²) in [6, 6.07) is 7.90. The van der Waals surface area contributed by atoms with E-state index in [1.807, 2.05) is 31.2 Å². The summed E-state index contributed by atoms with van der Waals surface area (Å²) in [5.41, 5.74) is 2.13. The van der Waals surface area contributed by atoms with Gasteiger partial charge in [-0.15, -0.1) is 0 Å². The highest BCUT2D eigenvalue weighted by atomic mass is 32.2. The Balaban J connectivity index is 2.33. The van der Waals surface area contributed by atoms with Crippen LogP contribution in [0.4, 0.5) is 0 Å². The van der Waals surface area contributed by atoms with Crippen LogP contribution < -0.4 is 5.84 Å². The summed E-state index contributed by atoms with van der Waals surface area (Å²) in [7, 11) is 0. The maximum atomic E-state index is 11.6. The molecule has 3 nitrogen and oxygen atoms in total. The molecular weight excluding hydrogens is 240 g/mol. The monoisotopic (exact) mass is 250 g/mol. The lowest BCUT2D eigenvalue weighted by molar-refractivity contribution is -0.122. The van der Waals surface area contributed by atoms with Gasteiger partial charge in [-0.25, -0.2) is 10.9 Å². The normalized spacial score (nSPS) is 18.6. The van der Waals surface area contributed by atoms with Crippen molar-refractivity contribution in [3.63, 3.8) is 0 Å². The van der Waals surface area contributed by atoms with E-state index in [9.17, 15) is 4.79 Å².